The lowest BCUT2D eigenvalue weighted by Gasteiger charge is -2.33. The van der Waals surface area contributed by atoms with Gasteiger partial charge in [0, 0.05) is 63.9 Å². The molecule has 2 aliphatic heterocycles. The molecule has 2 saturated heterocycles. The number of carbonyl (C=O) groups is 3. The summed E-state index contributed by atoms with van der Waals surface area (Å²) in [6.45, 7) is 3.93. The third-order valence-corrected chi connectivity index (χ3v) is 8.08. The number of sulfonamides is 1. The second-order valence-electron chi connectivity index (χ2n) is 8.51. The van der Waals surface area contributed by atoms with Gasteiger partial charge in [-0.15, -0.1) is 0 Å². The standard InChI is InChI=1S/C24H28N4O5S/c1-18(29)26-12-14-28(15-13-26)34(32,33)22-9-7-20(8-10-22)24(31)25-21-5-2-4-19(16-21)17-27-11-3-6-23(27)30/h2,4-5,7-10,16H,3,6,11-15,17H2,1H3,(H,25,31). The molecule has 1 N–H and O–H groups in total. The van der Waals surface area contributed by atoms with Gasteiger partial charge in [0.15, 0.2) is 0 Å². The van der Waals surface area contributed by atoms with Crippen molar-refractivity contribution in [1.82, 2.24) is 14.1 Å². The van der Waals surface area contributed by atoms with Crippen LogP contribution in [0, 0.1) is 0 Å². The fourth-order valence-corrected chi connectivity index (χ4v) is 5.64. The molecule has 2 fully saturated rings. The number of nitrogens with zero attached hydrogens (tertiary/aromatic N) is 3. The largest absolute Gasteiger partial charge is 0.340 e. The number of anilines is 1. The van der Waals surface area contributed by atoms with Gasteiger partial charge < -0.3 is 15.1 Å². The van der Waals surface area contributed by atoms with Gasteiger partial charge in [-0.25, -0.2) is 8.42 Å². The van der Waals surface area contributed by atoms with E-state index in [2.05, 4.69) is 5.32 Å². The number of rotatable bonds is 6. The monoisotopic (exact) mass is 484 g/mol. The van der Waals surface area contributed by atoms with Crippen LogP contribution in [0.3, 0.4) is 0 Å². The van der Waals surface area contributed by atoms with Gasteiger partial charge >= 0.3 is 0 Å². The molecule has 2 aromatic rings. The minimum absolute atomic E-state index is 0.0671. The fourth-order valence-electron chi connectivity index (χ4n) is 4.21. The van der Waals surface area contributed by atoms with Crippen LogP contribution >= 0.6 is 0 Å². The zero-order chi connectivity index (χ0) is 24.3. The van der Waals surface area contributed by atoms with Gasteiger partial charge in [0.1, 0.15) is 0 Å². The summed E-state index contributed by atoms with van der Waals surface area (Å²) in [4.78, 5) is 39.6. The summed E-state index contributed by atoms with van der Waals surface area (Å²) in [6.07, 6.45) is 1.45. The SMILES string of the molecule is CC(=O)N1CCN(S(=O)(=O)c2ccc(C(=O)Nc3cccc(CN4CCCC4=O)c3)cc2)CC1. The van der Waals surface area contributed by atoms with E-state index in [9.17, 15) is 22.8 Å². The lowest BCUT2D eigenvalue weighted by Crippen LogP contribution is -2.49. The van der Waals surface area contributed by atoms with Crippen molar-refractivity contribution in [3.05, 3.63) is 59.7 Å². The predicted molar refractivity (Wildman–Crippen MR) is 127 cm³/mol. The number of hydrogen-bond donors (Lipinski definition) is 1. The van der Waals surface area contributed by atoms with Gasteiger partial charge in [0.25, 0.3) is 5.91 Å². The molecule has 0 radical (unpaired) electrons. The molecule has 9 nitrogen and oxygen atoms in total. The quantitative estimate of drug-likeness (QED) is 0.674. The molecule has 0 aliphatic carbocycles. The van der Waals surface area contributed by atoms with Crippen LogP contribution in [0.4, 0.5) is 5.69 Å². The molecule has 2 aromatic carbocycles. The Bertz CT molecular complexity index is 1190. The van der Waals surface area contributed by atoms with Crippen molar-refractivity contribution in [2.45, 2.75) is 31.2 Å². The van der Waals surface area contributed by atoms with Crippen LogP contribution < -0.4 is 5.32 Å². The average Bonchev–Trinajstić information content (AvgIpc) is 3.23. The Morgan fingerprint density at radius 2 is 1.68 bits per heavy atom. The molecular weight excluding hydrogens is 456 g/mol. The van der Waals surface area contributed by atoms with Crippen molar-refractivity contribution in [1.29, 1.82) is 0 Å². The van der Waals surface area contributed by atoms with Gasteiger partial charge in [0.05, 0.1) is 4.90 Å². The molecule has 2 aliphatic rings. The van der Waals surface area contributed by atoms with Gasteiger partial charge in [-0.3, -0.25) is 14.4 Å². The maximum Gasteiger partial charge on any atom is 0.255 e. The summed E-state index contributed by atoms with van der Waals surface area (Å²) in [5.74, 6) is -0.277. The van der Waals surface area contributed by atoms with Crippen molar-refractivity contribution in [3.8, 4) is 0 Å². The smallest absolute Gasteiger partial charge is 0.255 e. The Balaban J connectivity index is 1.39. The van der Waals surface area contributed by atoms with E-state index >= 15 is 0 Å². The Kier molecular flexibility index (Phi) is 6.99. The molecule has 0 saturated carbocycles. The number of carbonyl (C=O) groups excluding carboxylic acids is 3. The van der Waals surface area contributed by atoms with Crippen LogP contribution in [0.1, 0.15) is 35.7 Å². The molecule has 3 amide bonds. The maximum absolute atomic E-state index is 12.9. The maximum atomic E-state index is 12.9. The summed E-state index contributed by atoms with van der Waals surface area (Å²) in [5.41, 5.74) is 1.87. The van der Waals surface area contributed by atoms with Crippen molar-refractivity contribution < 1.29 is 22.8 Å². The molecule has 0 atom stereocenters. The third kappa shape index (κ3) is 5.28. The van der Waals surface area contributed by atoms with E-state index in [-0.39, 0.29) is 35.7 Å². The van der Waals surface area contributed by atoms with E-state index in [4.69, 9.17) is 0 Å². The van der Waals surface area contributed by atoms with E-state index in [1.165, 1.54) is 35.5 Å². The molecule has 2 heterocycles. The number of piperazine rings is 1. The Morgan fingerprint density at radius 3 is 2.29 bits per heavy atom. The average molecular weight is 485 g/mol. The van der Waals surface area contributed by atoms with E-state index < -0.39 is 10.0 Å². The van der Waals surface area contributed by atoms with Crippen LogP contribution in [0.25, 0.3) is 0 Å². The lowest BCUT2D eigenvalue weighted by molar-refractivity contribution is -0.130. The number of amides is 3. The first kappa shape index (κ1) is 23.9. The Labute approximate surface area is 199 Å². The first-order valence-corrected chi connectivity index (χ1v) is 12.7. The van der Waals surface area contributed by atoms with Crippen LogP contribution in [0.15, 0.2) is 53.4 Å². The highest BCUT2D eigenvalue weighted by molar-refractivity contribution is 7.89. The summed E-state index contributed by atoms with van der Waals surface area (Å²) in [5, 5.41) is 2.83. The molecule has 0 spiro atoms. The number of hydrogen-bond acceptors (Lipinski definition) is 5. The second-order valence-corrected chi connectivity index (χ2v) is 10.4. The summed E-state index contributed by atoms with van der Waals surface area (Å²) in [7, 11) is -3.70. The van der Waals surface area contributed by atoms with Crippen LogP contribution in [-0.2, 0) is 26.2 Å². The first-order chi connectivity index (χ1) is 16.2. The molecule has 0 aromatic heterocycles. The molecule has 180 valence electrons. The molecule has 0 unspecified atom stereocenters. The Morgan fingerprint density at radius 1 is 0.971 bits per heavy atom. The molecule has 4 rings (SSSR count). The highest BCUT2D eigenvalue weighted by Gasteiger charge is 2.29. The van der Waals surface area contributed by atoms with Crippen molar-refractivity contribution in [2.24, 2.45) is 0 Å². The molecule has 34 heavy (non-hydrogen) atoms. The molecule has 0 bridgehead atoms. The number of nitrogens with one attached hydrogen (secondary N) is 1. The van der Waals surface area contributed by atoms with Gasteiger partial charge in [-0.05, 0) is 48.4 Å². The zero-order valence-corrected chi connectivity index (χ0v) is 19.9. The first-order valence-electron chi connectivity index (χ1n) is 11.3. The van der Waals surface area contributed by atoms with Gasteiger partial charge in [-0.1, -0.05) is 12.1 Å². The number of benzene rings is 2. The number of likely N-dealkylation sites (tertiary alicyclic amines) is 1. The van der Waals surface area contributed by atoms with E-state index in [1.54, 1.807) is 15.9 Å². The highest BCUT2D eigenvalue weighted by atomic mass is 32.2. The normalized spacial score (nSPS) is 17.1. The van der Waals surface area contributed by atoms with E-state index in [0.29, 0.717) is 37.3 Å². The van der Waals surface area contributed by atoms with E-state index in [0.717, 1.165) is 18.5 Å². The lowest BCUT2D eigenvalue weighted by atomic mass is 10.1. The van der Waals surface area contributed by atoms with Gasteiger partial charge in [0.2, 0.25) is 21.8 Å². The highest BCUT2D eigenvalue weighted by Crippen LogP contribution is 2.20. The van der Waals surface area contributed by atoms with Crippen molar-refractivity contribution in [2.75, 3.05) is 38.0 Å². The van der Waals surface area contributed by atoms with Gasteiger partial charge in [-0.2, -0.15) is 4.31 Å². The fraction of sp³-hybridized carbons (Fsp3) is 0.375. The summed E-state index contributed by atoms with van der Waals surface area (Å²) >= 11 is 0. The summed E-state index contributed by atoms with van der Waals surface area (Å²) in [6, 6.07) is 13.2. The zero-order valence-electron chi connectivity index (χ0n) is 19.1. The van der Waals surface area contributed by atoms with Crippen LogP contribution in [0.2, 0.25) is 0 Å². The summed E-state index contributed by atoms with van der Waals surface area (Å²) < 4.78 is 27.2. The van der Waals surface area contributed by atoms with E-state index in [1.807, 2.05) is 18.2 Å². The topological polar surface area (TPSA) is 107 Å². The van der Waals surface area contributed by atoms with Crippen molar-refractivity contribution >= 4 is 33.4 Å². The van der Waals surface area contributed by atoms with Crippen LogP contribution in [0.5, 0.6) is 0 Å². The predicted octanol–water partition coefficient (Wildman–Crippen LogP) is 1.91. The second kappa shape index (κ2) is 9.94. The molecular formula is C24H28N4O5S. The van der Waals surface area contributed by atoms with Crippen molar-refractivity contribution in [3.63, 3.8) is 0 Å². The molecule has 10 heteroatoms. The van der Waals surface area contributed by atoms with Crippen LogP contribution in [-0.4, -0.2) is 73.0 Å². The minimum atomic E-state index is -3.70. The minimum Gasteiger partial charge on any atom is -0.340 e. The Hall–Kier alpha value is -3.24. The third-order valence-electron chi connectivity index (χ3n) is 6.17.